The molecule has 0 spiro atoms. The summed E-state index contributed by atoms with van der Waals surface area (Å²) in [5, 5.41) is 2.83. The van der Waals surface area contributed by atoms with Crippen LogP contribution in [0.15, 0.2) is 23.0 Å². The molecule has 0 radical (unpaired) electrons. The Morgan fingerprint density at radius 1 is 1.25 bits per heavy atom. The molecule has 0 saturated heterocycles. The molecule has 0 fully saturated rings. The molecular weight excluding hydrogens is 258 g/mol. The number of amides is 1. The van der Waals surface area contributed by atoms with Crippen LogP contribution >= 0.6 is 0 Å². The van der Waals surface area contributed by atoms with E-state index in [2.05, 4.69) is 5.32 Å². The number of benzene rings is 1. The Morgan fingerprint density at radius 3 is 2.65 bits per heavy atom. The maximum absolute atomic E-state index is 12.0. The maximum atomic E-state index is 12.0. The summed E-state index contributed by atoms with van der Waals surface area (Å²) in [7, 11) is 5.05. The number of aromatic nitrogens is 2. The zero-order chi connectivity index (χ0) is 14.7. The van der Waals surface area contributed by atoms with E-state index in [1.807, 2.05) is 0 Å². The van der Waals surface area contributed by atoms with Gasteiger partial charge < -0.3 is 10.1 Å². The number of hydrogen-bond donors (Lipinski definition) is 1. The minimum atomic E-state index is -0.140. The number of rotatable bonds is 5. The van der Waals surface area contributed by atoms with Crippen LogP contribution in [0.3, 0.4) is 0 Å². The van der Waals surface area contributed by atoms with Crippen molar-refractivity contribution < 1.29 is 9.53 Å². The first-order valence-electron chi connectivity index (χ1n) is 6.49. The fourth-order valence-corrected chi connectivity index (χ4v) is 2.17. The first kappa shape index (κ1) is 14.3. The second-order valence-corrected chi connectivity index (χ2v) is 4.71. The summed E-state index contributed by atoms with van der Waals surface area (Å²) in [6, 6.07) is 5.26. The average molecular weight is 277 g/mol. The lowest BCUT2D eigenvalue weighted by Gasteiger charge is -2.05. The van der Waals surface area contributed by atoms with E-state index in [1.54, 1.807) is 44.0 Å². The van der Waals surface area contributed by atoms with Gasteiger partial charge in [0.15, 0.2) is 0 Å². The van der Waals surface area contributed by atoms with Crippen molar-refractivity contribution in [1.82, 2.24) is 14.5 Å². The number of aryl methyl sites for hydroxylation is 2. The second-order valence-electron chi connectivity index (χ2n) is 4.71. The van der Waals surface area contributed by atoms with Gasteiger partial charge in [0.2, 0.25) is 0 Å². The fourth-order valence-electron chi connectivity index (χ4n) is 2.17. The Balaban J connectivity index is 2.21. The van der Waals surface area contributed by atoms with Crippen molar-refractivity contribution in [1.29, 1.82) is 0 Å². The van der Waals surface area contributed by atoms with Crippen LogP contribution in [0.5, 0.6) is 0 Å². The topological polar surface area (TPSA) is 65.3 Å². The van der Waals surface area contributed by atoms with Crippen molar-refractivity contribution in [3.05, 3.63) is 34.2 Å². The van der Waals surface area contributed by atoms with Crippen LogP contribution in [0.25, 0.3) is 11.0 Å². The normalized spacial score (nSPS) is 10.9. The third kappa shape index (κ3) is 2.60. The van der Waals surface area contributed by atoms with Gasteiger partial charge in [-0.2, -0.15) is 0 Å². The molecule has 0 saturated carbocycles. The molecule has 108 valence electrons. The standard InChI is InChI=1S/C14H19N3O3/c1-16-11-6-5-10(9-12(11)17(2)14(16)19)13(18)15-7-4-8-20-3/h5-6,9H,4,7-8H2,1-3H3,(H,15,18). The molecule has 6 nitrogen and oxygen atoms in total. The fraction of sp³-hybridized carbons (Fsp3) is 0.429. The van der Waals surface area contributed by atoms with Crippen molar-refractivity contribution >= 4 is 16.9 Å². The van der Waals surface area contributed by atoms with E-state index < -0.39 is 0 Å². The lowest BCUT2D eigenvalue weighted by molar-refractivity contribution is 0.0948. The molecule has 1 heterocycles. The van der Waals surface area contributed by atoms with Gasteiger partial charge >= 0.3 is 5.69 Å². The van der Waals surface area contributed by atoms with E-state index in [-0.39, 0.29) is 11.6 Å². The van der Waals surface area contributed by atoms with Crippen LogP contribution in [0, 0.1) is 0 Å². The molecule has 2 aromatic rings. The predicted octanol–water partition coefficient (Wildman–Crippen LogP) is 0.643. The van der Waals surface area contributed by atoms with Crippen LogP contribution in [0.4, 0.5) is 0 Å². The highest BCUT2D eigenvalue weighted by molar-refractivity contribution is 5.97. The highest BCUT2D eigenvalue weighted by Crippen LogP contribution is 2.13. The van der Waals surface area contributed by atoms with Gasteiger partial charge in [0.25, 0.3) is 5.91 Å². The van der Waals surface area contributed by atoms with E-state index >= 15 is 0 Å². The molecule has 1 amide bonds. The summed E-state index contributed by atoms with van der Waals surface area (Å²) >= 11 is 0. The van der Waals surface area contributed by atoms with Gasteiger partial charge in [-0.25, -0.2) is 4.79 Å². The molecule has 0 unspecified atom stereocenters. The van der Waals surface area contributed by atoms with E-state index in [9.17, 15) is 9.59 Å². The molecule has 0 aliphatic rings. The van der Waals surface area contributed by atoms with Gasteiger partial charge in [0.05, 0.1) is 11.0 Å². The molecular formula is C14H19N3O3. The molecule has 0 aliphatic carbocycles. The van der Waals surface area contributed by atoms with Gasteiger partial charge in [-0.05, 0) is 24.6 Å². The summed E-state index contributed by atoms with van der Waals surface area (Å²) in [6.07, 6.45) is 0.772. The minimum absolute atomic E-state index is 0.0994. The minimum Gasteiger partial charge on any atom is -0.385 e. The summed E-state index contributed by atoms with van der Waals surface area (Å²) in [5.74, 6) is -0.140. The zero-order valence-electron chi connectivity index (χ0n) is 12.0. The highest BCUT2D eigenvalue weighted by atomic mass is 16.5. The van der Waals surface area contributed by atoms with Crippen LogP contribution in [-0.2, 0) is 18.8 Å². The average Bonchev–Trinajstić information content (AvgIpc) is 2.68. The number of nitrogens with zero attached hydrogens (tertiary/aromatic N) is 2. The molecule has 20 heavy (non-hydrogen) atoms. The van der Waals surface area contributed by atoms with Crippen molar-refractivity contribution in [2.24, 2.45) is 14.1 Å². The quantitative estimate of drug-likeness (QED) is 0.816. The van der Waals surface area contributed by atoms with Crippen molar-refractivity contribution in [3.63, 3.8) is 0 Å². The Morgan fingerprint density at radius 2 is 1.95 bits per heavy atom. The molecule has 2 rings (SSSR count). The van der Waals surface area contributed by atoms with Gasteiger partial charge in [0.1, 0.15) is 0 Å². The maximum Gasteiger partial charge on any atom is 0.328 e. The molecule has 0 bridgehead atoms. The zero-order valence-corrected chi connectivity index (χ0v) is 12.0. The summed E-state index contributed by atoms with van der Waals surface area (Å²) in [6.45, 7) is 1.19. The summed E-state index contributed by atoms with van der Waals surface area (Å²) in [5.41, 5.74) is 2.02. The van der Waals surface area contributed by atoms with Gasteiger partial charge in [-0.15, -0.1) is 0 Å². The number of carbonyl (C=O) groups excluding carboxylic acids is 1. The number of hydrogen-bond acceptors (Lipinski definition) is 3. The number of nitrogens with one attached hydrogen (secondary N) is 1. The molecule has 6 heteroatoms. The van der Waals surface area contributed by atoms with E-state index in [1.165, 1.54) is 4.57 Å². The van der Waals surface area contributed by atoms with E-state index in [0.29, 0.717) is 18.7 Å². The van der Waals surface area contributed by atoms with Crippen molar-refractivity contribution in [2.45, 2.75) is 6.42 Å². The third-order valence-corrected chi connectivity index (χ3v) is 3.34. The lowest BCUT2D eigenvalue weighted by atomic mass is 10.2. The van der Waals surface area contributed by atoms with Crippen LogP contribution in [0.2, 0.25) is 0 Å². The lowest BCUT2D eigenvalue weighted by Crippen LogP contribution is -2.25. The SMILES string of the molecule is COCCCNC(=O)c1ccc2c(c1)n(C)c(=O)n2C. The summed E-state index contributed by atoms with van der Waals surface area (Å²) in [4.78, 5) is 23.8. The van der Waals surface area contributed by atoms with Gasteiger partial charge in [-0.3, -0.25) is 13.9 Å². The monoisotopic (exact) mass is 277 g/mol. The van der Waals surface area contributed by atoms with Crippen LogP contribution < -0.4 is 11.0 Å². The predicted molar refractivity (Wildman–Crippen MR) is 77.0 cm³/mol. The van der Waals surface area contributed by atoms with Gasteiger partial charge in [0, 0.05) is 39.9 Å². The Hall–Kier alpha value is -2.08. The molecule has 1 aromatic carbocycles. The first-order chi connectivity index (χ1) is 9.56. The summed E-state index contributed by atoms with van der Waals surface area (Å²) < 4.78 is 8.03. The first-order valence-corrected chi connectivity index (χ1v) is 6.49. The number of carbonyl (C=O) groups is 1. The van der Waals surface area contributed by atoms with Crippen molar-refractivity contribution in [2.75, 3.05) is 20.3 Å². The number of methoxy groups -OCH3 is 1. The smallest absolute Gasteiger partial charge is 0.328 e. The number of imidazole rings is 1. The van der Waals surface area contributed by atoms with Crippen LogP contribution in [0.1, 0.15) is 16.8 Å². The number of fused-ring (bicyclic) bond motifs is 1. The molecule has 1 aromatic heterocycles. The number of ether oxygens (including phenoxy) is 1. The molecule has 0 aliphatic heterocycles. The largest absolute Gasteiger partial charge is 0.385 e. The van der Waals surface area contributed by atoms with Crippen molar-refractivity contribution in [3.8, 4) is 0 Å². The van der Waals surface area contributed by atoms with Crippen LogP contribution in [-0.4, -0.2) is 35.3 Å². The second kappa shape index (κ2) is 5.92. The highest BCUT2D eigenvalue weighted by Gasteiger charge is 2.11. The van der Waals surface area contributed by atoms with E-state index in [0.717, 1.165) is 17.5 Å². The Kier molecular flexibility index (Phi) is 4.24. The molecule has 1 N–H and O–H groups in total. The molecule has 0 atom stereocenters. The Labute approximate surface area is 117 Å². The third-order valence-electron chi connectivity index (χ3n) is 3.34. The van der Waals surface area contributed by atoms with E-state index in [4.69, 9.17) is 4.74 Å². The van der Waals surface area contributed by atoms with Gasteiger partial charge in [-0.1, -0.05) is 0 Å². The Bertz CT molecular complexity index is 685.